The lowest BCUT2D eigenvalue weighted by atomic mass is 10.0. The van der Waals surface area contributed by atoms with Crippen LogP contribution in [-0.2, 0) is 0 Å². The number of aromatic nitrogens is 3. The number of hydrogen-bond donors (Lipinski definition) is 1. The van der Waals surface area contributed by atoms with E-state index in [2.05, 4.69) is 26.8 Å². The molecule has 0 unspecified atom stereocenters. The molecule has 1 aliphatic heterocycles. The molecule has 2 aromatic heterocycles. The van der Waals surface area contributed by atoms with Gasteiger partial charge in [0, 0.05) is 24.1 Å². The summed E-state index contributed by atoms with van der Waals surface area (Å²) in [6, 6.07) is 16.2. The summed E-state index contributed by atoms with van der Waals surface area (Å²) in [6.45, 7) is 4.59. The number of para-hydroxylation sites is 2. The smallest absolute Gasteiger partial charge is 0.181 e. The van der Waals surface area contributed by atoms with E-state index < -0.39 is 0 Å². The zero-order valence-electron chi connectivity index (χ0n) is 20.2. The quantitative estimate of drug-likeness (QED) is 0.235. The highest BCUT2D eigenvalue weighted by Gasteiger charge is 2.25. The fourth-order valence-electron chi connectivity index (χ4n) is 5.21. The number of unbranched alkanes of at least 4 members (excludes halogenated alkanes) is 1. The highest BCUT2D eigenvalue weighted by molar-refractivity contribution is 5.97. The summed E-state index contributed by atoms with van der Waals surface area (Å²) in [5.74, 6) is 1.68. The average molecular weight is 468 g/mol. The second kappa shape index (κ2) is 9.78. The van der Waals surface area contributed by atoms with Crippen LogP contribution in [0.1, 0.15) is 55.3 Å². The van der Waals surface area contributed by atoms with Crippen LogP contribution in [0, 0.1) is 5.92 Å². The van der Waals surface area contributed by atoms with Crippen LogP contribution in [0.15, 0.2) is 54.7 Å². The van der Waals surface area contributed by atoms with Crippen molar-refractivity contribution in [1.29, 1.82) is 0 Å². The largest absolute Gasteiger partial charge is 0.367 e. The molecule has 180 valence electrons. The summed E-state index contributed by atoms with van der Waals surface area (Å²) in [7, 11) is 0. The summed E-state index contributed by atoms with van der Waals surface area (Å²) in [5, 5.41) is 3.56. The van der Waals surface area contributed by atoms with Crippen molar-refractivity contribution >= 4 is 28.3 Å². The number of ketones is 1. The molecular formula is C29H33N5O. The average Bonchev–Trinajstić information content (AvgIpc) is 3.35. The Kier molecular flexibility index (Phi) is 6.21. The van der Waals surface area contributed by atoms with Crippen LogP contribution in [0.2, 0.25) is 0 Å². The maximum absolute atomic E-state index is 12.5. The van der Waals surface area contributed by atoms with Gasteiger partial charge in [0.05, 0.1) is 22.9 Å². The van der Waals surface area contributed by atoms with Crippen molar-refractivity contribution in [2.24, 2.45) is 5.92 Å². The van der Waals surface area contributed by atoms with Crippen molar-refractivity contribution in [3.63, 3.8) is 0 Å². The SMILES string of the molecule is O=C(CC1CC1)c1ccc(-c2cnc3c(NCCCCN4CCCC4)nc4ccccc4n23)cc1. The number of anilines is 1. The maximum Gasteiger partial charge on any atom is 0.181 e. The molecule has 1 saturated heterocycles. The first-order chi connectivity index (χ1) is 17.3. The van der Waals surface area contributed by atoms with Gasteiger partial charge in [-0.25, -0.2) is 9.97 Å². The van der Waals surface area contributed by atoms with E-state index in [1.807, 2.05) is 42.6 Å². The predicted molar refractivity (Wildman–Crippen MR) is 141 cm³/mol. The molecule has 2 aliphatic rings. The third-order valence-corrected chi connectivity index (χ3v) is 7.39. The number of nitrogens with one attached hydrogen (secondary N) is 1. The molecule has 2 aromatic carbocycles. The van der Waals surface area contributed by atoms with Gasteiger partial charge in [0.15, 0.2) is 17.2 Å². The van der Waals surface area contributed by atoms with Gasteiger partial charge >= 0.3 is 0 Å². The number of carbonyl (C=O) groups is 1. The van der Waals surface area contributed by atoms with Gasteiger partial charge in [-0.2, -0.15) is 0 Å². The summed E-state index contributed by atoms with van der Waals surface area (Å²) in [5.41, 5.74) is 5.67. The first kappa shape index (κ1) is 22.2. The molecule has 1 saturated carbocycles. The molecular weight excluding hydrogens is 434 g/mol. The summed E-state index contributed by atoms with van der Waals surface area (Å²) in [6.07, 6.45) is 9.99. The first-order valence-corrected chi connectivity index (χ1v) is 13.1. The molecule has 0 bridgehead atoms. The Bertz CT molecular complexity index is 1330. The van der Waals surface area contributed by atoms with Crippen LogP contribution in [-0.4, -0.2) is 51.2 Å². The number of rotatable bonds is 10. The van der Waals surface area contributed by atoms with Gasteiger partial charge < -0.3 is 10.2 Å². The van der Waals surface area contributed by atoms with Gasteiger partial charge in [0.25, 0.3) is 0 Å². The van der Waals surface area contributed by atoms with Crippen LogP contribution in [0.4, 0.5) is 5.82 Å². The molecule has 1 N–H and O–H groups in total. The van der Waals surface area contributed by atoms with Gasteiger partial charge in [-0.3, -0.25) is 9.20 Å². The van der Waals surface area contributed by atoms with Crippen molar-refractivity contribution in [2.45, 2.75) is 44.9 Å². The van der Waals surface area contributed by atoms with Crippen LogP contribution in [0.5, 0.6) is 0 Å². The second-order valence-electron chi connectivity index (χ2n) is 10.1. The van der Waals surface area contributed by atoms with E-state index in [1.165, 1.54) is 51.7 Å². The summed E-state index contributed by atoms with van der Waals surface area (Å²) < 4.78 is 2.19. The maximum atomic E-state index is 12.5. The van der Waals surface area contributed by atoms with Gasteiger partial charge in [0.1, 0.15) is 0 Å². The lowest BCUT2D eigenvalue weighted by Gasteiger charge is -2.14. The van der Waals surface area contributed by atoms with Gasteiger partial charge in [-0.15, -0.1) is 0 Å². The highest BCUT2D eigenvalue weighted by atomic mass is 16.1. The molecule has 2 fully saturated rings. The molecule has 3 heterocycles. The highest BCUT2D eigenvalue weighted by Crippen LogP contribution is 2.34. The monoisotopic (exact) mass is 467 g/mol. The fraction of sp³-hybridized carbons (Fsp3) is 0.414. The number of nitrogens with zero attached hydrogens (tertiary/aromatic N) is 4. The second-order valence-corrected chi connectivity index (χ2v) is 10.1. The zero-order chi connectivity index (χ0) is 23.6. The van der Waals surface area contributed by atoms with Crippen molar-refractivity contribution in [2.75, 3.05) is 31.5 Å². The minimum atomic E-state index is 0.253. The molecule has 0 atom stereocenters. The number of hydrogen-bond acceptors (Lipinski definition) is 5. The molecule has 0 radical (unpaired) electrons. The van der Waals surface area contributed by atoms with Crippen molar-refractivity contribution in [1.82, 2.24) is 19.3 Å². The Morgan fingerprint density at radius 2 is 1.80 bits per heavy atom. The zero-order valence-corrected chi connectivity index (χ0v) is 20.2. The van der Waals surface area contributed by atoms with Crippen LogP contribution in [0.3, 0.4) is 0 Å². The Balaban J connectivity index is 1.25. The summed E-state index contributed by atoms with van der Waals surface area (Å²) in [4.78, 5) is 24.8. The minimum Gasteiger partial charge on any atom is -0.367 e. The third-order valence-electron chi connectivity index (χ3n) is 7.39. The normalized spacial score (nSPS) is 16.3. The number of carbonyl (C=O) groups excluding carboxylic acids is 1. The summed E-state index contributed by atoms with van der Waals surface area (Å²) >= 11 is 0. The molecule has 35 heavy (non-hydrogen) atoms. The van der Waals surface area contributed by atoms with E-state index in [-0.39, 0.29) is 5.78 Å². The Labute approximate surface area is 206 Å². The van der Waals surface area contributed by atoms with Crippen LogP contribution >= 0.6 is 0 Å². The molecule has 1 aliphatic carbocycles. The predicted octanol–water partition coefficient (Wildman–Crippen LogP) is 5.82. The fourth-order valence-corrected chi connectivity index (χ4v) is 5.21. The van der Waals surface area contributed by atoms with E-state index in [1.54, 1.807) is 0 Å². The molecule has 6 rings (SSSR count). The molecule has 6 heteroatoms. The number of fused-ring (bicyclic) bond motifs is 3. The van der Waals surface area contributed by atoms with Crippen LogP contribution < -0.4 is 5.32 Å². The van der Waals surface area contributed by atoms with E-state index in [9.17, 15) is 4.79 Å². The topological polar surface area (TPSA) is 62.5 Å². The van der Waals surface area contributed by atoms with E-state index in [0.29, 0.717) is 12.3 Å². The van der Waals surface area contributed by atoms with Gasteiger partial charge in [0.2, 0.25) is 0 Å². The molecule has 4 aromatic rings. The Hall–Kier alpha value is -3.25. The number of Topliss-reactive ketones (excluding diaryl/α,β-unsaturated/α-hetero) is 1. The number of imidazole rings is 1. The van der Waals surface area contributed by atoms with E-state index in [4.69, 9.17) is 9.97 Å². The lowest BCUT2D eigenvalue weighted by molar-refractivity contribution is 0.0976. The molecule has 0 spiro atoms. The molecule has 6 nitrogen and oxygen atoms in total. The first-order valence-electron chi connectivity index (χ1n) is 13.1. The van der Waals surface area contributed by atoms with Gasteiger partial charge in [-0.05, 0) is 76.2 Å². The molecule has 0 amide bonds. The van der Waals surface area contributed by atoms with Crippen LogP contribution in [0.25, 0.3) is 27.9 Å². The number of benzene rings is 2. The Morgan fingerprint density at radius 3 is 2.60 bits per heavy atom. The third kappa shape index (κ3) is 4.80. The van der Waals surface area contributed by atoms with E-state index in [0.717, 1.165) is 52.3 Å². The minimum absolute atomic E-state index is 0.253. The lowest BCUT2D eigenvalue weighted by Crippen LogP contribution is -2.21. The van der Waals surface area contributed by atoms with E-state index >= 15 is 0 Å². The van der Waals surface area contributed by atoms with Gasteiger partial charge in [-0.1, -0.05) is 36.4 Å². The van der Waals surface area contributed by atoms with Crippen molar-refractivity contribution in [3.8, 4) is 11.3 Å². The van der Waals surface area contributed by atoms with Crippen molar-refractivity contribution < 1.29 is 4.79 Å². The number of likely N-dealkylation sites (tertiary alicyclic amines) is 1. The standard InChI is InChI=1S/C29H33N5O/c35-27(19-21-9-10-21)23-13-11-22(12-14-23)26-20-31-29-28(30-15-3-4-16-33-17-5-6-18-33)32-24-7-1-2-8-25(24)34(26)29/h1-2,7-8,11-14,20-21H,3-6,9-10,15-19H2,(H,30,32). The Morgan fingerprint density at radius 1 is 1.00 bits per heavy atom. The van der Waals surface area contributed by atoms with Crippen molar-refractivity contribution in [3.05, 3.63) is 60.3 Å².